The highest BCUT2D eigenvalue weighted by Crippen LogP contribution is 2.59. The third-order valence-electron chi connectivity index (χ3n) is 7.31. The summed E-state index contributed by atoms with van der Waals surface area (Å²) in [5.41, 5.74) is 0. The van der Waals surface area contributed by atoms with Gasteiger partial charge in [0.25, 0.3) is 0 Å². The van der Waals surface area contributed by atoms with Crippen LogP contribution in [-0.4, -0.2) is 67.0 Å². The molecule has 4 fully saturated rings. The van der Waals surface area contributed by atoms with E-state index in [1.165, 1.54) is 0 Å². The minimum atomic E-state index is -6.57. The summed E-state index contributed by atoms with van der Waals surface area (Å²) in [5, 5.41) is 0. The van der Waals surface area contributed by atoms with Crippen LogP contribution < -0.4 is 0 Å². The second-order valence-electron chi connectivity index (χ2n) is 9.17. The first kappa shape index (κ1) is 23.4. The van der Waals surface area contributed by atoms with Crippen LogP contribution in [0.1, 0.15) is 12.8 Å². The van der Waals surface area contributed by atoms with Crippen LogP contribution in [0, 0.1) is 29.6 Å². The molecule has 34 heavy (non-hydrogen) atoms. The summed E-state index contributed by atoms with van der Waals surface area (Å²) < 4.78 is 111. The monoisotopic (exact) mass is 502 g/mol. The lowest BCUT2D eigenvalue weighted by molar-refractivity contribution is -0.360. The lowest BCUT2D eigenvalue weighted by Gasteiger charge is -2.32. The van der Waals surface area contributed by atoms with Crippen LogP contribution in [0.5, 0.6) is 0 Å². The van der Waals surface area contributed by atoms with Gasteiger partial charge < -0.3 is 18.9 Å². The molecule has 2 aliphatic carbocycles. The normalized spacial score (nSPS) is 40.1. The molecule has 0 aromatic heterocycles. The molecule has 4 bridgehead atoms. The first-order valence-corrected chi connectivity index (χ1v) is 10.5. The van der Waals surface area contributed by atoms with Gasteiger partial charge in [0, 0.05) is 11.8 Å². The summed E-state index contributed by atoms with van der Waals surface area (Å²) in [6, 6.07) is 0. The van der Waals surface area contributed by atoms with E-state index in [2.05, 4.69) is 4.74 Å². The molecule has 3 aliphatic heterocycles. The summed E-state index contributed by atoms with van der Waals surface area (Å²) in [6.07, 6.45) is -5.31. The lowest BCUT2D eigenvalue weighted by atomic mass is 9.78. The van der Waals surface area contributed by atoms with Crippen molar-refractivity contribution in [3.63, 3.8) is 0 Å². The van der Waals surface area contributed by atoms with Gasteiger partial charge >= 0.3 is 35.9 Å². The van der Waals surface area contributed by atoms with Crippen LogP contribution in [0.15, 0.2) is 12.2 Å². The molecule has 7 nitrogen and oxygen atoms in total. The molecule has 0 aromatic rings. The molecule has 9 atom stereocenters. The number of hydrogen-bond donors (Lipinski definition) is 0. The summed E-state index contributed by atoms with van der Waals surface area (Å²) in [6.45, 7) is -2.54. The van der Waals surface area contributed by atoms with E-state index in [4.69, 9.17) is 14.2 Å². The van der Waals surface area contributed by atoms with Crippen molar-refractivity contribution >= 4 is 17.9 Å². The van der Waals surface area contributed by atoms with Gasteiger partial charge in [-0.1, -0.05) is 12.2 Å². The van der Waals surface area contributed by atoms with Crippen molar-refractivity contribution in [2.45, 2.75) is 55.3 Å². The van der Waals surface area contributed by atoms with Crippen LogP contribution >= 0.6 is 0 Å². The number of esters is 3. The molecule has 14 heteroatoms. The van der Waals surface area contributed by atoms with Crippen LogP contribution in [0.3, 0.4) is 0 Å². The van der Waals surface area contributed by atoms with Crippen molar-refractivity contribution in [2.75, 3.05) is 6.61 Å². The molecule has 0 spiro atoms. The van der Waals surface area contributed by atoms with Gasteiger partial charge in [0.1, 0.15) is 12.2 Å². The van der Waals surface area contributed by atoms with E-state index in [0.717, 1.165) is 0 Å². The van der Waals surface area contributed by atoms with Crippen molar-refractivity contribution < 1.29 is 64.1 Å². The van der Waals surface area contributed by atoms with Crippen LogP contribution in [0.4, 0.5) is 30.7 Å². The molecule has 0 amide bonds. The number of ether oxygens (including phenoxy) is 4. The summed E-state index contributed by atoms with van der Waals surface area (Å²) in [7, 11) is 0. The van der Waals surface area contributed by atoms with E-state index < -0.39 is 90.4 Å². The molecule has 5 rings (SSSR count). The number of alkyl halides is 7. The molecule has 3 heterocycles. The summed E-state index contributed by atoms with van der Waals surface area (Å²) in [5.74, 6) is -20.1. The minimum absolute atomic E-state index is 0.126. The Morgan fingerprint density at radius 3 is 2.29 bits per heavy atom. The fourth-order valence-corrected chi connectivity index (χ4v) is 5.75. The number of carbonyl (C=O) groups is 3. The maximum Gasteiger partial charge on any atom is 0.460 e. The van der Waals surface area contributed by atoms with Crippen LogP contribution in [0.2, 0.25) is 0 Å². The fourth-order valence-electron chi connectivity index (χ4n) is 5.75. The number of carbonyl (C=O) groups excluding carboxylic acids is 3. The van der Waals surface area contributed by atoms with Crippen molar-refractivity contribution in [3.8, 4) is 0 Å². The molecular formula is C20H17F7O7. The zero-order valence-corrected chi connectivity index (χ0v) is 17.0. The van der Waals surface area contributed by atoms with Crippen molar-refractivity contribution in [2.24, 2.45) is 29.6 Å². The van der Waals surface area contributed by atoms with Crippen molar-refractivity contribution in [1.29, 1.82) is 0 Å². The first-order chi connectivity index (χ1) is 15.7. The molecule has 2 saturated heterocycles. The molecule has 188 valence electrons. The summed E-state index contributed by atoms with van der Waals surface area (Å²) in [4.78, 5) is 37.5. The third kappa shape index (κ3) is 3.23. The van der Waals surface area contributed by atoms with E-state index in [0.29, 0.717) is 6.42 Å². The fraction of sp³-hybridized carbons (Fsp3) is 0.750. The van der Waals surface area contributed by atoms with Gasteiger partial charge in [-0.25, -0.2) is 0 Å². The average molecular weight is 502 g/mol. The van der Waals surface area contributed by atoms with Gasteiger partial charge in [0.2, 0.25) is 0 Å². The van der Waals surface area contributed by atoms with E-state index in [-0.39, 0.29) is 12.5 Å². The number of rotatable bonds is 6. The molecule has 0 aromatic carbocycles. The highest BCUT2D eigenvalue weighted by Gasteiger charge is 2.74. The Morgan fingerprint density at radius 2 is 1.71 bits per heavy atom. The van der Waals surface area contributed by atoms with E-state index in [1.54, 1.807) is 12.2 Å². The Hall–Kier alpha value is -2.38. The summed E-state index contributed by atoms with van der Waals surface area (Å²) >= 11 is 0. The van der Waals surface area contributed by atoms with E-state index >= 15 is 0 Å². The molecular weight excluding hydrogens is 485 g/mol. The SMILES string of the molecule is O=C(OC1C2CC3C1OC(=O)C3C2C(=O)OCC(F)(F)C(F)(F)C(F)(F)F)C1CC2C=CC1O2. The number of hydrogen-bond acceptors (Lipinski definition) is 7. The predicted molar refractivity (Wildman–Crippen MR) is 91.2 cm³/mol. The molecule has 9 unspecified atom stereocenters. The average Bonchev–Trinajstić information content (AvgIpc) is 3.53. The molecule has 5 aliphatic rings. The van der Waals surface area contributed by atoms with Crippen molar-refractivity contribution in [1.82, 2.24) is 0 Å². The minimum Gasteiger partial charge on any atom is -0.459 e. The van der Waals surface area contributed by atoms with Crippen LogP contribution in [-0.2, 0) is 33.3 Å². The standard InChI is InChI=1S/C20H17F7O7/c21-18(22,19(23,24)20(25,26)27)5-31-16(29)11-8-4-9-12(11)17(30)34-14(9)13(8)33-15(28)7-3-6-1-2-10(7)32-6/h1-2,6-14H,3-5H2. The Labute approximate surface area is 186 Å². The Balaban J connectivity index is 1.29. The third-order valence-corrected chi connectivity index (χ3v) is 7.31. The zero-order chi connectivity index (χ0) is 24.8. The second-order valence-corrected chi connectivity index (χ2v) is 9.17. The topological polar surface area (TPSA) is 88.1 Å². The smallest absolute Gasteiger partial charge is 0.459 e. The molecule has 2 saturated carbocycles. The van der Waals surface area contributed by atoms with E-state index in [9.17, 15) is 45.1 Å². The zero-order valence-electron chi connectivity index (χ0n) is 17.0. The quantitative estimate of drug-likeness (QED) is 0.239. The predicted octanol–water partition coefficient (Wildman–Crippen LogP) is 2.43. The Kier molecular flexibility index (Phi) is 5.02. The number of fused-ring (bicyclic) bond motifs is 3. The Morgan fingerprint density at radius 1 is 1.00 bits per heavy atom. The molecule has 0 radical (unpaired) electrons. The maximum atomic E-state index is 13.6. The largest absolute Gasteiger partial charge is 0.460 e. The van der Waals surface area contributed by atoms with E-state index in [1.807, 2.05) is 0 Å². The van der Waals surface area contributed by atoms with Gasteiger partial charge in [-0.3, -0.25) is 14.4 Å². The molecule has 0 N–H and O–H groups in total. The van der Waals surface area contributed by atoms with Crippen LogP contribution in [0.25, 0.3) is 0 Å². The van der Waals surface area contributed by atoms with Crippen molar-refractivity contribution in [3.05, 3.63) is 12.2 Å². The van der Waals surface area contributed by atoms with Gasteiger partial charge in [0.05, 0.1) is 30.0 Å². The van der Waals surface area contributed by atoms with Gasteiger partial charge in [-0.2, -0.15) is 30.7 Å². The highest BCUT2D eigenvalue weighted by molar-refractivity contribution is 5.86. The highest BCUT2D eigenvalue weighted by atomic mass is 19.4. The number of halogens is 7. The van der Waals surface area contributed by atoms with Gasteiger partial charge in [0.15, 0.2) is 6.61 Å². The van der Waals surface area contributed by atoms with Gasteiger partial charge in [-0.05, 0) is 12.8 Å². The lowest BCUT2D eigenvalue weighted by Crippen LogP contribution is -2.55. The first-order valence-electron chi connectivity index (χ1n) is 10.5. The Bertz CT molecular complexity index is 948. The van der Waals surface area contributed by atoms with Gasteiger partial charge in [-0.15, -0.1) is 0 Å². The second kappa shape index (κ2) is 7.31. The maximum absolute atomic E-state index is 13.6.